The van der Waals surface area contributed by atoms with Crippen LogP contribution in [0.3, 0.4) is 0 Å². The first-order chi connectivity index (χ1) is 7.99. The molecule has 1 rings (SSSR count). The second kappa shape index (κ2) is 6.65. The zero-order chi connectivity index (χ0) is 12.8. The van der Waals surface area contributed by atoms with Crippen molar-refractivity contribution < 1.29 is 4.74 Å². The van der Waals surface area contributed by atoms with Crippen molar-refractivity contribution >= 4 is 0 Å². The summed E-state index contributed by atoms with van der Waals surface area (Å²) in [6.07, 6.45) is 0. The summed E-state index contributed by atoms with van der Waals surface area (Å²) < 4.78 is 5.85. The first-order valence-corrected chi connectivity index (χ1v) is 6.44. The molecule has 0 aliphatic rings. The van der Waals surface area contributed by atoms with Gasteiger partial charge in [-0.15, -0.1) is 0 Å². The number of benzene rings is 1. The molecule has 0 heterocycles. The van der Waals surface area contributed by atoms with E-state index in [1.54, 1.807) is 0 Å². The van der Waals surface area contributed by atoms with Crippen molar-refractivity contribution in [3.8, 4) is 5.75 Å². The predicted molar refractivity (Wildman–Crippen MR) is 73.5 cm³/mol. The molecule has 2 nitrogen and oxygen atoms in total. The highest BCUT2D eigenvalue weighted by Gasteiger charge is 2.06. The Balaban J connectivity index is 2.72. The Morgan fingerprint density at radius 3 is 2.47 bits per heavy atom. The van der Waals surface area contributed by atoms with Gasteiger partial charge in [-0.1, -0.05) is 45.4 Å². The minimum atomic E-state index is 0.494. The molecule has 0 saturated heterocycles. The van der Waals surface area contributed by atoms with Gasteiger partial charge in [0.15, 0.2) is 0 Å². The topological polar surface area (TPSA) is 21.3 Å². The lowest BCUT2D eigenvalue weighted by Crippen LogP contribution is -2.22. The summed E-state index contributed by atoms with van der Waals surface area (Å²) in [4.78, 5) is 0. The molecule has 0 aliphatic heterocycles. The molecular formula is C15H25NO. The number of hydrogen-bond donors (Lipinski definition) is 1. The monoisotopic (exact) mass is 235 g/mol. The third-order valence-electron chi connectivity index (χ3n) is 2.49. The maximum atomic E-state index is 5.85. The van der Waals surface area contributed by atoms with Crippen LogP contribution in [-0.2, 0) is 6.54 Å². The van der Waals surface area contributed by atoms with Crippen LogP contribution < -0.4 is 10.1 Å². The van der Waals surface area contributed by atoms with Crippen LogP contribution in [-0.4, -0.2) is 12.6 Å². The molecule has 0 aromatic heterocycles. The van der Waals surface area contributed by atoms with Crippen LogP contribution >= 0.6 is 0 Å². The number of nitrogens with one attached hydrogen (secondary N) is 1. The molecule has 1 N–H and O–H groups in total. The fourth-order valence-electron chi connectivity index (χ4n) is 1.56. The van der Waals surface area contributed by atoms with E-state index < -0.39 is 0 Å². The van der Waals surface area contributed by atoms with Gasteiger partial charge in [-0.3, -0.25) is 0 Å². The normalized spacial score (nSPS) is 11.2. The lowest BCUT2D eigenvalue weighted by Gasteiger charge is -2.15. The van der Waals surface area contributed by atoms with E-state index in [1.165, 1.54) is 11.1 Å². The van der Waals surface area contributed by atoms with Gasteiger partial charge in [-0.25, -0.2) is 0 Å². The van der Waals surface area contributed by atoms with Gasteiger partial charge in [0.1, 0.15) is 5.75 Å². The third kappa shape index (κ3) is 5.22. The van der Waals surface area contributed by atoms with Crippen molar-refractivity contribution in [2.75, 3.05) is 6.61 Å². The van der Waals surface area contributed by atoms with E-state index in [2.05, 4.69) is 58.1 Å². The molecule has 0 saturated carbocycles. The zero-order valence-electron chi connectivity index (χ0n) is 11.7. The highest BCUT2D eigenvalue weighted by Crippen LogP contribution is 2.20. The lowest BCUT2D eigenvalue weighted by molar-refractivity contribution is 0.268. The first-order valence-electron chi connectivity index (χ1n) is 6.44. The van der Waals surface area contributed by atoms with Crippen LogP contribution in [0.4, 0.5) is 0 Å². The molecule has 0 unspecified atom stereocenters. The minimum absolute atomic E-state index is 0.494. The van der Waals surface area contributed by atoms with Gasteiger partial charge >= 0.3 is 0 Å². The molecule has 0 fully saturated rings. The van der Waals surface area contributed by atoms with E-state index in [1.807, 2.05) is 0 Å². The van der Waals surface area contributed by atoms with Crippen molar-refractivity contribution in [3.63, 3.8) is 0 Å². The predicted octanol–water partition coefficient (Wildman–Crippen LogP) is 3.53. The Morgan fingerprint density at radius 2 is 1.88 bits per heavy atom. The lowest BCUT2D eigenvalue weighted by atomic mass is 10.1. The molecular weight excluding hydrogens is 210 g/mol. The standard InChI is InChI=1S/C15H25NO/c1-11(2)10-17-15-7-6-13(5)8-14(15)9-16-12(3)4/h6-8,11-12,16H,9-10H2,1-5H3. The smallest absolute Gasteiger partial charge is 0.123 e. The van der Waals surface area contributed by atoms with Crippen molar-refractivity contribution in [2.45, 2.75) is 47.2 Å². The summed E-state index contributed by atoms with van der Waals surface area (Å²) in [5, 5.41) is 3.44. The number of aryl methyl sites for hydroxylation is 1. The first kappa shape index (κ1) is 14.0. The number of hydrogen-bond acceptors (Lipinski definition) is 2. The molecule has 0 radical (unpaired) electrons. The zero-order valence-corrected chi connectivity index (χ0v) is 11.7. The van der Waals surface area contributed by atoms with Gasteiger partial charge in [0, 0.05) is 18.2 Å². The summed E-state index contributed by atoms with van der Waals surface area (Å²) in [5.74, 6) is 1.57. The SMILES string of the molecule is Cc1ccc(OCC(C)C)c(CNC(C)C)c1. The van der Waals surface area contributed by atoms with E-state index in [9.17, 15) is 0 Å². The molecule has 96 valence electrons. The van der Waals surface area contributed by atoms with Gasteiger partial charge in [0.25, 0.3) is 0 Å². The molecule has 0 atom stereocenters. The Bertz CT molecular complexity index is 345. The van der Waals surface area contributed by atoms with Crippen LogP contribution in [0.2, 0.25) is 0 Å². The number of ether oxygens (including phenoxy) is 1. The van der Waals surface area contributed by atoms with Crippen molar-refractivity contribution in [3.05, 3.63) is 29.3 Å². The average Bonchev–Trinajstić information content (AvgIpc) is 2.24. The second-order valence-electron chi connectivity index (χ2n) is 5.35. The van der Waals surface area contributed by atoms with Crippen LogP contribution in [0.25, 0.3) is 0 Å². The molecule has 0 aliphatic carbocycles. The van der Waals surface area contributed by atoms with Crippen LogP contribution in [0.15, 0.2) is 18.2 Å². The maximum absolute atomic E-state index is 5.85. The van der Waals surface area contributed by atoms with E-state index >= 15 is 0 Å². The molecule has 17 heavy (non-hydrogen) atoms. The van der Waals surface area contributed by atoms with Crippen molar-refractivity contribution in [1.29, 1.82) is 0 Å². The van der Waals surface area contributed by atoms with Gasteiger partial charge in [0.2, 0.25) is 0 Å². The quantitative estimate of drug-likeness (QED) is 0.814. The van der Waals surface area contributed by atoms with Gasteiger partial charge in [0.05, 0.1) is 6.61 Å². The molecule has 2 heteroatoms. The summed E-state index contributed by atoms with van der Waals surface area (Å²) in [5.41, 5.74) is 2.53. The van der Waals surface area contributed by atoms with Gasteiger partial charge in [-0.05, 0) is 18.9 Å². The summed E-state index contributed by atoms with van der Waals surface area (Å²) >= 11 is 0. The molecule has 1 aromatic rings. The third-order valence-corrected chi connectivity index (χ3v) is 2.49. The molecule has 0 spiro atoms. The van der Waals surface area contributed by atoms with Crippen LogP contribution in [0.5, 0.6) is 5.75 Å². The maximum Gasteiger partial charge on any atom is 0.123 e. The van der Waals surface area contributed by atoms with E-state index in [4.69, 9.17) is 4.74 Å². The summed E-state index contributed by atoms with van der Waals surface area (Å²) in [6.45, 7) is 12.4. The van der Waals surface area contributed by atoms with Gasteiger partial charge < -0.3 is 10.1 Å². The van der Waals surface area contributed by atoms with Crippen LogP contribution in [0, 0.1) is 12.8 Å². The molecule has 0 amide bonds. The van der Waals surface area contributed by atoms with E-state index in [0.717, 1.165) is 18.9 Å². The van der Waals surface area contributed by atoms with Crippen molar-refractivity contribution in [2.24, 2.45) is 5.92 Å². The van der Waals surface area contributed by atoms with E-state index in [-0.39, 0.29) is 0 Å². The number of rotatable bonds is 6. The molecule has 1 aromatic carbocycles. The largest absolute Gasteiger partial charge is 0.493 e. The summed E-state index contributed by atoms with van der Waals surface area (Å²) in [7, 11) is 0. The minimum Gasteiger partial charge on any atom is -0.493 e. The fraction of sp³-hybridized carbons (Fsp3) is 0.600. The highest BCUT2D eigenvalue weighted by molar-refractivity contribution is 5.36. The Labute approximate surface area is 105 Å². The van der Waals surface area contributed by atoms with E-state index in [0.29, 0.717) is 12.0 Å². The summed E-state index contributed by atoms with van der Waals surface area (Å²) in [6, 6.07) is 6.88. The van der Waals surface area contributed by atoms with Crippen molar-refractivity contribution in [1.82, 2.24) is 5.32 Å². The fourth-order valence-corrected chi connectivity index (χ4v) is 1.56. The van der Waals surface area contributed by atoms with Gasteiger partial charge in [-0.2, -0.15) is 0 Å². The Kier molecular flexibility index (Phi) is 5.49. The average molecular weight is 235 g/mol. The second-order valence-corrected chi connectivity index (χ2v) is 5.35. The van der Waals surface area contributed by atoms with Crippen LogP contribution in [0.1, 0.15) is 38.8 Å². The molecule has 0 bridgehead atoms. The Morgan fingerprint density at radius 1 is 1.18 bits per heavy atom. The highest BCUT2D eigenvalue weighted by atomic mass is 16.5. The Hall–Kier alpha value is -1.02.